The average molecular weight is 368 g/mol. The van der Waals surface area contributed by atoms with Gasteiger partial charge in [-0.25, -0.2) is 14.4 Å². The van der Waals surface area contributed by atoms with Crippen LogP contribution in [0.3, 0.4) is 0 Å². The predicted molar refractivity (Wildman–Crippen MR) is 103 cm³/mol. The van der Waals surface area contributed by atoms with E-state index in [4.69, 9.17) is 0 Å². The summed E-state index contributed by atoms with van der Waals surface area (Å²) in [6, 6.07) is 10.5. The molecule has 4 rings (SSSR count). The first-order valence-electron chi connectivity index (χ1n) is 7.54. The van der Waals surface area contributed by atoms with Crippen molar-refractivity contribution >= 4 is 44.9 Å². The summed E-state index contributed by atoms with van der Waals surface area (Å²) in [4.78, 5) is 10.7. The Bertz CT molecular complexity index is 1050. The summed E-state index contributed by atoms with van der Waals surface area (Å²) in [5.74, 6) is 0.416. The van der Waals surface area contributed by atoms with E-state index in [0.717, 1.165) is 25.5 Å². The number of nitrogens with one attached hydrogen (secondary N) is 1. The first kappa shape index (κ1) is 15.9. The highest BCUT2D eigenvalue weighted by atomic mass is 32.1. The molecule has 4 aromatic rings. The Morgan fingerprint density at radius 3 is 2.76 bits per heavy atom. The van der Waals surface area contributed by atoms with Crippen LogP contribution in [0.25, 0.3) is 20.7 Å². The fraction of sp³-hybridized carbons (Fsp3) is 0.0556. The maximum Gasteiger partial charge on any atom is 0.167 e. The van der Waals surface area contributed by atoms with Gasteiger partial charge in [0.25, 0.3) is 0 Å². The fourth-order valence-corrected chi connectivity index (χ4v) is 4.20. The van der Waals surface area contributed by atoms with Gasteiger partial charge in [-0.15, -0.1) is 22.7 Å². The van der Waals surface area contributed by atoms with Crippen LogP contribution in [0, 0.1) is 12.7 Å². The molecule has 0 saturated heterocycles. The summed E-state index contributed by atoms with van der Waals surface area (Å²) in [5.41, 5.74) is 5.98. The van der Waals surface area contributed by atoms with Gasteiger partial charge >= 0.3 is 0 Å². The van der Waals surface area contributed by atoms with E-state index in [1.54, 1.807) is 41.0 Å². The molecule has 0 fully saturated rings. The maximum atomic E-state index is 13.1. The highest BCUT2D eigenvalue weighted by molar-refractivity contribution is 7.22. The normalized spacial score (nSPS) is 11.4. The van der Waals surface area contributed by atoms with Gasteiger partial charge in [0.2, 0.25) is 0 Å². The van der Waals surface area contributed by atoms with E-state index in [-0.39, 0.29) is 5.82 Å². The second-order valence-corrected chi connectivity index (χ2v) is 7.39. The lowest BCUT2D eigenvalue weighted by molar-refractivity contribution is 0.628. The number of hydrogen-bond acceptors (Lipinski definition) is 6. The van der Waals surface area contributed by atoms with Gasteiger partial charge in [0.05, 0.1) is 16.4 Å². The number of rotatable bonds is 4. The minimum Gasteiger partial charge on any atom is -0.260 e. The van der Waals surface area contributed by atoms with E-state index in [0.29, 0.717) is 5.82 Å². The molecule has 0 radical (unpaired) electrons. The number of halogens is 1. The van der Waals surface area contributed by atoms with Crippen LogP contribution in [-0.4, -0.2) is 16.2 Å². The lowest BCUT2D eigenvalue weighted by Gasteiger charge is -1.99. The second kappa shape index (κ2) is 6.70. The lowest BCUT2D eigenvalue weighted by Crippen LogP contribution is -1.94. The van der Waals surface area contributed by atoms with Crippen molar-refractivity contribution in [2.45, 2.75) is 6.92 Å². The quantitative estimate of drug-likeness (QED) is 0.392. The number of benzene rings is 1. The molecule has 1 aromatic carbocycles. The zero-order chi connectivity index (χ0) is 17.2. The Balaban J connectivity index is 1.64. The number of anilines is 1. The number of thiophene rings is 2. The molecule has 7 heteroatoms. The Morgan fingerprint density at radius 1 is 1.16 bits per heavy atom. The molecule has 25 heavy (non-hydrogen) atoms. The number of fused-ring (bicyclic) bond motifs is 1. The van der Waals surface area contributed by atoms with Gasteiger partial charge in [0.15, 0.2) is 5.82 Å². The Hall–Kier alpha value is -2.64. The minimum atomic E-state index is -0.245. The zero-order valence-electron chi connectivity index (χ0n) is 13.2. The summed E-state index contributed by atoms with van der Waals surface area (Å²) in [5, 5.41) is 6.33. The molecule has 4 nitrogen and oxygen atoms in total. The summed E-state index contributed by atoms with van der Waals surface area (Å²) in [6.07, 6.45) is 3.31. The highest BCUT2D eigenvalue weighted by Crippen LogP contribution is 2.35. The van der Waals surface area contributed by atoms with E-state index in [9.17, 15) is 4.39 Å². The van der Waals surface area contributed by atoms with Crippen LogP contribution in [0.2, 0.25) is 0 Å². The summed E-state index contributed by atoms with van der Waals surface area (Å²) < 4.78 is 14.0. The molecule has 0 amide bonds. The molecule has 3 heterocycles. The largest absolute Gasteiger partial charge is 0.260 e. The van der Waals surface area contributed by atoms with Crippen LogP contribution in [0.15, 0.2) is 53.2 Å². The van der Waals surface area contributed by atoms with Gasteiger partial charge in [-0.1, -0.05) is 12.1 Å². The fourth-order valence-electron chi connectivity index (χ4n) is 2.36. The monoisotopic (exact) mass is 368 g/mol. The van der Waals surface area contributed by atoms with Crippen molar-refractivity contribution in [1.82, 2.24) is 9.97 Å². The topological polar surface area (TPSA) is 50.2 Å². The first-order chi connectivity index (χ1) is 12.2. The molecule has 124 valence electrons. The number of hydrazone groups is 1. The number of aromatic nitrogens is 2. The Morgan fingerprint density at radius 2 is 2.00 bits per heavy atom. The van der Waals surface area contributed by atoms with E-state index in [1.807, 2.05) is 11.4 Å². The first-order valence-corrected chi connectivity index (χ1v) is 9.24. The lowest BCUT2D eigenvalue weighted by atomic mass is 10.2. The van der Waals surface area contributed by atoms with E-state index >= 15 is 0 Å². The molecule has 0 bridgehead atoms. The van der Waals surface area contributed by atoms with Gasteiger partial charge in [-0.05, 0) is 47.7 Å². The Kier molecular flexibility index (Phi) is 4.25. The van der Waals surface area contributed by atoms with Crippen LogP contribution in [0.4, 0.5) is 10.2 Å². The maximum absolute atomic E-state index is 13.1. The SMILES string of the molecule is Cc1ccsc1C=NNc1ncnc2cc(-c3ccc(F)cc3)sc12. The van der Waals surface area contributed by atoms with Crippen molar-refractivity contribution in [3.8, 4) is 10.4 Å². The van der Waals surface area contributed by atoms with Crippen molar-refractivity contribution in [1.29, 1.82) is 0 Å². The third-order valence-corrected chi connectivity index (χ3v) is 5.83. The van der Waals surface area contributed by atoms with Crippen LogP contribution in [0.5, 0.6) is 0 Å². The van der Waals surface area contributed by atoms with E-state index in [2.05, 4.69) is 33.5 Å². The molecule has 0 aliphatic heterocycles. The number of nitrogens with zero attached hydrogens (tertiary/aromatic N) is 3. The molecule has 0 unspecified atom stereocenters. The van der Waals surface area contributed by atoms with Crippen LogP contribution < -0.4 is 5.43 Å². The van der Waals surface area contributed by atoms with Gasteiger partial charge in [-0.2, -0.15) is 5.10 Å². The van der Waals surface area contributed by atoms with Gasteiger partial charge in [0.1, 0.15) is 12.1 Å². The minimum absolute atomic E-state index is 0.245. The molecule has 0 aliphatic rings. The van der Waals surface area contributed by atoms with Crippen molar-refractivity contribution in [2.24, 2.45) is 5.10 Å². The second-order valence-electron chi connectivity index (χ2n) is 5.39. The number of hydrogen-bond donors (Lipinski definition) is 1. The molecular formula is C18H13FN4S2. The molecule has 1 N–H and O–H groups in total. The van der Waals surface area contributed by atoms with Crippen LogP contribution in [0.1, 0.15) is 10.4 Å². The molecule has 0 atom stereocenters. The summed E-state index contributed by atoms with van der Waals surface area (Å²) in [6.45, 7) is 2.05. The van der Waals surface area contributed by atoms with Crippen molar-refractivity contribution in [3.63, 3.8) is 0 Å². The molecular weight excluding hydrogens is 355 g/mol. The highest BCUT2D eigenvalue weighted by Gasteiger charge is 2.10. The third kappa shape index (κ3) is 3.29. The number of aryl methyl sites for hydroxylation is 1. The molecule has 0 spiro atoms. The van der Waals surface area contributed by atoms with Gasteiger partial charge in [0, 0.05) is 9.75 Å². The van der Waals surface area contributed by atoms with Crippen molar-refractivity contribution in [3.05, 3.63) is 64.4 Å². The Labute approximate surface area is 151 Å². The molecule has 3 aromatic heterocycles. The van der Waals surface area contributed by atoms with E-state index in [1.165, 1.54) is 24.0 Å². The summed E-state index contributed by atoms with van der Waals surface area (Å²) in [7, 11) is 0. The molecule has 0 saturated carbocycles. The average Bonchev–Trinajstić information content (AvgIpc) is 3.22. The standard InChI is InChI=1S/C18H13FN4S2/c1-11-6-7-24-16(11)9-22-23-18-17-14(20-10-21-18)8-15(25-17)12-2-4-13(19)5-3-12/h2-10H,1H3,(H,20,21,23). The predicted octanol–water partition coefficient (Wildman–Crippen LogP) is 5.31. The van der Waals surface area contributed by atoms with Gasteiger partial charge < -0.3 is 0 Å². The van der Waals surface area contributed by atoms with Gasteiger partial charge in [-0.3, -0.25) is 5.43 Å². The van der Waals surface area contributed by atoms with Crippen molar-refractivity contribution < 1.29 is 4.39 Å². The van der Waals surface area contributed by atoms with Crippen LogP contribution >= 0.6 is 22.7 Å². The van der Waals surface area contributed by atoms with Crippen molar-refractivity contribution in [2.75, 3.05) is 5.43 Å². The molecule has 0 aliphatic carbocycles. The third-order valence-electron chi connectivity index (χ3n) is 3.69. The zero-order valence-corrected chi connectivity index (χ0v) is 14.9. The van der Waals surface area contributed by atoms with E-state index < -0.39 is 0 Å². The summed E-state index contributed by atoms with van der Waals surface area (Å²) >= 11 is 3.19. The van der Waals surface area contributed by atoms with Crippen LogP contribution in [-0.2, 0) is 0 Å². The smallest absolute Gasteiger partial charge is 0.167 e.